The van der Waals surface area contributed by atoms with Gasteiger partial charge in [0.1, 0.15) is 11.7 Å². The van der Waals surface area contributed by atoms with Crippen LogP contribution in [-0.2, 0) is 4.79 Å². The summed E-state index contributed by atoms with van der Waals surface area (Å²) in [6.45, 7) is 1.35. The molecule has 2 rings (SSSR count). The third-order valence-electron chi connectivity index (χ3n) is 3.46. The molecule has 1 unspecified atom stereocenters. The van der Waals surface area contributed by atoms with Gasteiger partial charge in [-0.2, -0.15) is 0 Å². The Balaban J connectivity index is 2.12. The van der Waals surface area contributed by atoms with Crippen molar-refractivity contribution in [1.29, 1.82) is 5.41 Å². The van der Waals surface area contributed by atoms with Crippen molar-refractivity contribution < 1.29 is 15.0 Å². The molecule has 0 saturated carbocycles. The summed E-state index contributed by atoms with van der Waals surface area (Å²) in [7, 11) is 0. The molecule has 2 aliphatic heterocycles. The minimum Gasteiger partial charge on any atom is -0.394 e. The van der Waals surface area contributed by atoms with Gasteiger partial charge in [0.2, 0.25) is 0 Å². The Bertz CT molecular complexity index is 521. The Morgan fingerprint density at radius 3 is 2.91 bits per heavy atom. The van der Waals surface area contributed by atoms with Gasteiger partial charge in [-0.25, -0.2) is 4.99 Å². The van der Waals surface area contributed by atoms with Gasteiger partial charge in [0.05, 0.1) is 18.3 Å². The Morgan fingerprint density at radius 2 is 2.27 bits per heavy atom. The summed E-state index contributed by atoms with van der Waals surface area (Å²) in [6.07, 6.45) is 5.67. The third kappa shape index (κ3) is 3.92. The van der Waals surface area contributed by atoms with E-state index in [4.69, 9.17) is 10.5 Å². The zero-order valence-electron chi connectivity index (χ0n) is 12.2. The molecule has 5 N–H and O–H groups in total. The van der Waals surface area contributed by atoms with E-state index in [2.05, 4.69) is 20.5 Å². The molecule has 0 bridgehead atoms. The average Bonchev–Trinajstić information content (AvgIpc) is 3.08. The van der Waals surface area contributed by atoms with Crippen LogP contribution in [0.15, 0.2) is 28.7 Å². The predicted octanol–water partition coefficient (Wildman–Crippen LogP) is -1.07. The van der Waals surface area contributed by atoms with Crippen molar-refractivity contribution in [2.75, 3.05) is 26.2 Å². The summed E-state index contributed by atoms with van der Waals surface area (Å²) >= 11 is 0. The van der Waals surface area contributed by atoms with Crippen LogP contribution >= 0.6 is 0 Å². The van der Waals surface area contributed by atoms with Crippen molar-refractivity contribution in [1.82, 2.24) is 15.5 Å². The van der Waals surface area contributed by atoms with Crippen molar-refractivity contribution in [3.8, 4) is 0 Å². The molecule has 0 radical (unpaired) electrons. The number of hydrogen-bond donors (Lipinski definition) is 5. The topological polar surface area (TPSA) is 121 Å². The molecular weight excluding hydrogens is 286 g/mol. The number of aliphatic hydroxyl groups is 2. The van der Waals surface area contributed by atoms with Gasteiger partial charge in [0, 0.05) is 32.0 Å². The Morgan fingerprint density at radius 1 is 1.55 bits per heavy atom. The molecular formula is C14H21N5O3. The van der Waals surface area contributed by atoms with E-state index >= 15 is 0 Å². The molecule has 0 aromatic rings. The number of amides is 1. The lowest BCUT2D eigenvalue weighted by atomic mass is 10.2. The summed E-state index contributed by atoms with van der Waals surface area (Å²) in [5.41, 5.74) is 0.0752. The summed E-state index contributed by atoms with van der Waals surface area (Å²) in [5.74, 6) is 0.550. The number of carbonyl (C=O) groups is 1. The first-order valence-electron chi connectivity index (χ1n) is 7.24. The minimum atomic E-state index is -1.02. The Kier molecular flexibility index (Phi) is 5.68. The predicted molar refractivity (Wildman–Crippen MR) is 82.4 cm³/mol. The molecule has 0 spiro atoms. The summed E-state index contributed by atoms with van der Waals surface area (Å²) < 4.78 is 0. The highest BCUT2D eigenvalue weighted by Crippen LogP contribution is 2.14. The van der Waals surface area contributed by atoms with Crippen LogP contribution < -0.4 is 10.6 Å². The van der Waals surface area contributed by atoms with Crippen LogP contribution in [0.25, 0.3) is 0 Å². The third-order valence-corrected chi connectivity index (χ3v) is 3.46. The Labute approximate surface area is 128 Å². The largest absolute Gasteiger partial charge is 0.394 e. The van der Waals surface area contributed by atoms with E-state index in [1.807, 2.05) is 6.08 Å². The fourth-order valence-electron chi connectivity index (χ4n) is 2.25. The Hall–Kier alpha value is -2.19. The molecule has 8 heteroatoms. The normalized spacial score (nSPS) is 21.0. The monoisotopic (exact) mass is 307 g/mol. The van der Waals surface area contributed by atoms with E-state index in [9.17, 15) is 9.90 Å². The van der Waals surface area contributed by atoms with E-state index < -0.39 is 18.6 Å². The quantitative estimate of drug-likeness (QED) is 0.327. The van der Waals surface area contributed by atoms with Crippen LogP contribution in [0, 0.1) is 5.41 Å². The zero-order chi connectivity index (χ0) is 15.9. The second kappa shape index (κ2) is 7.71. The van der Waals surface area contributed by atoms with Crippen LogP contribution in [-0.4, -0.2) is 65.4 Å². The molecule has 22 heavy (non-hydrogen) atoms. The van der Waals surface area contributed by atoms with Gasteiger partial charge in [-0.1, -0.05) is 0 Å². The second-order valence-electron chi connectivity index (χ2n) is 5.09. The van der Waals surface area contributed by atoms with Gasteiger partial charge in [-0.05, 0) is 18.9 Å². The smallest absolute Gasteiger partial charge is 0.256 e. The highest BCUT2D eigenvalue weighted by Gasteiger charge is 2.20. The fraction of sp³-hybridized carbons (Fsp3) is 0.500. The number of rotatable bonds is 5. The number of likely N-dealkylation sites (tertiary alicyclic amines) is 1. The number of nitrogens with one attached hydrogen (secondary N) is 3. The average molecular weight is 307 g/mol. The maximum Gasteiger partial charge on any atom is 0.256 e. The molecule has 1 atom stereocenters. The fourth-order valence-corrected chi connectivity index (χ4v) is 2.25. The molecule has 2 aliphatic rings. The molecule has 0 aromatic heterocycles. The number of carbonyl (C=O) groups excluding carboxylic acids is 1. The first-order chi connectivity index (χ1) is 10.7. The number of aliphatic imine (C=N–C) groups is 1. The van der Waals surface area contributed by atoms with Crippen LogP contribution in [0.2, 0.25) is 0 Å². The number of amidine groups is 1. The van der Waals surface area contributed by atoms with Crippen LogP contribution in [0.5, 0.6) is 0 Å². The maximum absolute atomic E-state index is 12.1. The van der Waals surface area contributed by atoms with Gasteiger partial charge < -0.3 is 31.2 Å². The summed E-state index contributed by atoms with van der Waals surface area (Å²) in [5, 5.41) is 30.8. The standard InChI is InChI=1S/C14H21N5O3/c15-7-11(14(22)17-8-10(21)9-20)13-16-4-3-12(18-13)19-5-1-2-6-19/h3-4,7,10,15-16,20-21H,1-2,5-6,8-9H2,(H,17,22)/b13-11-,15-7?. The molecule has 0 aliphatic carbocycles. The van der Waals surface area contributed by atoms with E-state index in [0.29, 0.717) is 5.82 Å². The highest BCUT2D eigenvalue weighted by molar-refractivity contribution is 6.12. The van der Waals surface area contributed by atoms with Crippen molar-refractivity contribution in [3.63, 3.8) is 0 Å². The number of nitrogens with zero attached hydrogens (tertiary/aromatic N) is 2. The van der Waals surface area contributed by atoms with Crippen LogP contribution in [0.3, 0.4) is 0 Å². The molecule has 120 valence electrons. The lowest BCUT2D eigenvalue weighted by Gasteiger charge is -2.21. The minimum absolute atomic E-state index is 0.0752. The first kappa shape index (κ1) is 16.2. The number of aliphatic hydroxyl groups excluding tert-OH is 2. The van der Waals surface area contributed by atoms with Crippen molar-refractivity contribution >= 4 is 18.0 Å². The van der Waals surface area contributed by atoms with Crippen molar-refractivity contribution in [3.05, 3.63) is 23.7 Å². The zero-order valence-corrected chi connectivity index (χ0v) is 12.2. The lowest BCUT2D eigenvalue weighted by Crippen LogP contribution is -2.36. The van der Waals surface area contributed by atoms with E-state index in [-0.39, 0.29) is 12.1 Å². The van der Waals surface area contributed by atoms with E-state index in [1.165, 1.54) is 0 Å². The summed E-state index contributed by atoms with van der Waals surface area (Å²) in [6, 6.07) is 0. The van der Waals surface area contributed by atoms with Gasteiger partial charge in [0.15, 0.2) is 0 Å². The second-order valence-corrected chi connectivity index (χ2v) is 5.09. The van der Waals surface area contributed by atoms with Crippen LogP contribution in [0.4, 0.5) is 0 Å². The van der Waals surface area contributed by atoms with Crippen LogP contribution in [0.1, 0.15) is 12.8 Å². The molecule has 1 amide bonds. The SMILES string of the molecule is N=C/C(C(=O)NCC(O)CO)=C1/N=C(N2CCCC2)C=CN1. The molecule has 2 heterocycles. The van der Waals surface area contributed by atoms with Gasteiger partial charge >= 0.3 is 0 Å². The number of hydrogen-bond acceptors (Lipinski definition) is 7. The highest BCUT2D eigenvalue weighted by atomic mass is 16.3. The molecule has 8 nitrogen and oxygen atoms in total. The molecule has 1 fully saturated rings. The van der Waals surface area contributed by atoms with Crippen molar-refractivity contribution in [2.24, 2.45) is 4.99 Å². The van der Waals surface area contributed by atoms with Gasteiger partial charge in [-0.3, -0.25) is 4.79 Å². The maximum atomic E-state index is 12.1. The van der Waals surface area contributed by atoms with Crippen molar-refractivity contribution in [2.45, 2.75) is 18.9 Å². The van der Waals surface area contributed by atoms with Gasteiger partial charge in [0.25, 0.3) is 5.91 Å². The first-order valence-corrected chi connectivity index (χ1v) is 7.24. The van der Waals surface area contributed by atoms with E-state index in [1.54, 1.807) is 6.20 Å². The summed E-state index contributed by atoms with van der Waals surface area (Å²) in [4.78, 5) is 18.6. The van der Waals surface area contributed by atoms with Gasteiger partial charge in [-0.15, -0.1) is 0 Å². The molecule has 0 aromatic carbocycles. The van der Waals surface area contributed by atoms with E-state index in [0.717, 1.165) is 38.0 Å². The molecule has 1 saturated heterocycles. The lowest BCUT2D eigenvalue weighted by molar-refractivity contribution is -0.117.